The van der Waals surface area contributed by atoms with Crippen molar-refractivity contribution in [2.45, 2.75) is 51.4 Å². The third-order valence-corrected chi connectivity index (χ3v) is 5.56. The van der Waals surface area contributed by atoms with Crippen molar-refractivity contribution in [3.63, 3.8) is 0 Å². The van der Waals surface area contributed by atoms with E-state index in [0.29, 0.717) is 12.0 Å². The van der Waals surface area contributed by atoms with E-state index >= 15 is 0 Å². The Hall–Kier alpha value is -2.94. The molecule has 9 nitrogen and oxygen atoms in total. The Labute approximate surface area is 182 Å². The molecule has 9 heteroatoms. The lowest BCUT2D eigenvalue weighted by atomic mass is 9.97. The first-order valence-corrected chi connectivity index (χ1v) is 10.4. The molecule has 0 radical (unpaired) electrons. The predicted octanol–water partition coefficient (Wildman–Crippen LogP) is 0.0546. The van der Waals surface area contributed by atoms with Crippen LogP contribution in [-0.2, 0) is 19.2 Å². The van der Waals surface area contributed by atoms with Gasteiger partial charge in [0.15, 0.2) is 0 Å². The van der Waals surface area contributed by atoms with E-state index in [4.69, 9.17) is 0 Å². The van der Waals surface area contributed by atoms with Gasteiger partial charge in [-0.3, -0.25) is 19.2 Å². The molecule has 0 aliphatic carbocycles. The first-order chi connectivity index (χ1) is 14.5. The van der Waals surface area contributed by atoms with Gasteiger partial charge in [-0.25, -0.2) is 0 Å². The number of benzene rings is 1. The first-order valence-electron chi connectivity index (χ1n) is 10.4. The maximum absolute atomic E-state index is 13.3. The number of likely N-dealkylation sites (N-methyl/N-ethyl adjacent to an activating group) is 2. The summed E-state index contributed by atoms with van der Waals surface area (Å²) in [5.74, 6) is -1.98. The molecule has 4 atom stereocenters. The fourth-order valence-electron chi connectivity index (χ4n) is 3.52. The van der Waals surface area contributed by atoms with E-state index < -0.39 is 47.9 Å². The second kappa shape index (κ2) is 10.4. The van der Waals surface area contributed by atoms with Crippen LogP contribution in [0.4, 0.5) is 0 Å². The molecule has 0 unspecified atom stereocenters. The van der Waals surface area contributed by atoms with Gasteiger partial charge in [0.05, 0.1) is 6.54 Å². The van der Waals surface area contributed by atoms with Crippen LogP contribution < -0.4 is 10.6 Å². The Balaban J connectivity index is 2.47. The van der Waals surface area contributed by atoms with Crippen molar-refractivity contribution in [3.8, 4) is 0 Å². The van der Waals surface area contributed by atoms with E-state index in [0.717, 1.165) is 4.90 Å². The predicted molar refractivity (Wildman–Crippen MR) is 115 cm³/mol. The molecule has 0 aromatic heterocycles. The van der Waals surface area contributed by atoms with Crippen LogP contribution in [0.5, 0.6) is 0 Å². The van der Waals surface area contributed by atoms with E-state index in [2.05, 4.69) is 10.6 Å². The van der Waals surface area contributed by atoms with Gasteiger partial charge in [-0.1, -0.05) is 44.2 Å². The number of nitrogens with zero attached hydrogens (tertiary/aromatic N) is 2. The van der Waals surface area contributed by atoms with Gasteiger partial charge >= 0.3 is 0 Å². The molecule has 1 aromatic rings. The first kappa shape index (κ1) is 24.3. The largest absolute Gasteiger partial charge is 0.386 e. The Morgan fingerprint density at radius 3 is 2.23 bits per heavy atom. The molecule has 1 saturated heterocycles. The lowest BCUT2D eigenvalue weighted by molar-refractivity contribution is -0.148. The van der Waals surface area contributed by atoms with Crippen LogP contribution in [0.1, 0.15) is 38.9 Å². The minimum atomic E-state index is -1.32. The summed E-state index contributed by atoms with van der Waals surface area (Å²) >= 11 is 0. The minimum Gasteiger partial charge on any atom is -0.386 e. The molecule has 1 aromatic carbocycles. The van der Waals surface area contributed by atoms with Gasteiger partial charge in [-0.15, -0.1) is 0 Å². The van der Waals surface area contributed by atoms with Crippen molar-refractivity contribution in [1.29, 1.82) is 0 Å². The average Bonchev–Trinajstić information content (AvgIpc) is 2.74. The smallest absolute Gasteiger partial charge is 0.246 e. The van der Waals surface area contributed by atoms with E-state index in [-0.39, 0.29) is 12.5 Å². The quantitative estimate of drug-likeness (QED) is 0.621. The summed E-state index contributed by atoms with van der Waals surface area (Å²) in [7, 11) is 2.88. The highest BCUT2D eigenvalue weighted by Crippen LogP contribution is 2.22. The van der Waals surface area contributed by atoms with Gasteiger partial charge in [-0.05, 0) is 24.8 Å². The molecule has 1 fully saturated rings. The zero-order valence-electron chi connectivity index (χ0n) is 18.7. The molecule has 0 saturated carbocycles. The topological polar surface area (TPSA) is 119 Å². The maximum Gasteiger partial charge on any atom is 0.246 e. The monoisotopic (exact) mass is 432 g/mol. The third-order valence-electron chi connectivity index (χ3n) is 5.56. The van der Waals surface area contributed by atoms with Gasteiger partial charge < -0.3 is 25.5 Å². The van der Waals surface area contributed by atoms with E-state index in [1.165, 1.54) is 19.0 Å². The lowest BCUT2D eigenvalue weighted by Crippen LogP contribution is -2.60. The second-order valence-corrected chi connectivity index (χ2v) is 8.34. The molecular formula is C22H32N4O5. The Bertz CT molecular complexity index is 813. The molecule has 0 spiro atoms. The number of carbonyl (C=O) groups excluding carboxylic acids is 4. The summed E-state index contributed by atoms with van der Waals surface area (Å²) in [5.41, 5.74) is 0.455. The minimum absolute atomic E-state index is 0.0801. The summed E-state index contributed by atoms with van der Waals surface area (Å²) < 4.78 is 0. The third kappa shape index (κ3) is 5.81. The average molecular weight is 433 g/mol. The maximum atomic E-state index is 13.3. The molecule has 0 bridgehead atoms. The van der Waals surface area contributed by atoms with Gasteiger partial charge in [-0.2, -0.15) is 0 Å². The van der Waals surface area contributed by atoms with E-state index in [9.17, 15) is 24.3 Å². The Kier molecular flexibility index (Phi) is 8.15. The van der Waals surface area contributed by atoms with Crippen molar-refractivity contribution in [1.82, 2.24) is 20.4 Å². The van der Waals surface area contributed by atoms with Crippen LogP contribution in [0.3, 0.4) is 0 Å². The highest BCUT2D eigenvalue weighted by Gasteiger charge is 2.39. The summed E-state index contributed by atoms with van der Waals surface area (Å²) in [5, 5.41) is 16.2. The summed E-state index contributed by atoms with van der Waals surface area (Å²) in [6, 6.07) is 5.52. The molecule has 2 rings (SSSR count). The molecule has 3 N–H and O–H groups in total. The molecule has 4 amide bonds. The number of nitrogens with one attached hydrogen (secondary N) is 2. The van der Waals surface area contributed by atoms with E-state index in [1.54, 1.807) is 37.3 Å². The van der Waals surface area contributed by atoms with Crippen LogP contribution >= 0.6 is 0 Å². The summed E-state index contributed by atoms with van der Waals surface area (Å²) in [6.45, 7) is 5.03. The van der Waals surface area contributed by atoms with Gasteiger partial charge in [0.1, 0.15) is 24.2 Å². The number of aliphatic hydroxyl groups is 1. The van der Waals surface area contributed by atoms with Gasteiger partial charge in [0.25, 0.3) is 0 Å². The summed E-state index contributed by atoms with van der Waals surface area (Å²) in [4.78, 5) is 53.9. The lowest BCUT2D eigenvalue weighted by Gasteiger charge is -2.35. The van der Waals surface area contributed by atoms with Gasteiger partial charge in [0.2, 0.25) is 23.6 Å². The zero-order valence-corrected chi connectivity index (χ0v) is 18.7. The van der Waals surface area contributed by atoms with Crippen LogP contribution in [-0.4, -0.2) is 77.3 Å². The number of carbonyl (C=O) groups is 4. The number of rotatable bonds is 4. The molecule has 31 heavy (non-hydrogen) atoms. The van der Waals surface area contributed by atoms with Crippen molar-refractivity contribution in [2.75, 3.05) is 20.6 Å². The molecule has 170 valence electrons. The van der Waals surface area contributed by atoms with Crippen molar-refractivity contribution >= 4 is 23.6 Å². The van der Waals surface area contributed by atoms with Crippen LogP contribution in [0.25, 0.3) is 0 Å². The van der Waals surface area contributed by atoms with Crippen LogP contribution in [0.15, 0.2) is 30.3 Å². The second-order valence-electron chi connectivity index (χ2n) is 8.34. The van der Waals surface area contributed by atoms with Crippen molar-refractivity contribution in [3.05, 3.63) is 35.9 Å². The Morgan fingerprint density at radius 2 is 1.65 bits per heavy atom. The Morgan fingerprint density at radius 1 is 1.03 bits per heavy atom. The van der Waals surface area contributed by atoms with Gasteiger partial charge in [0, 0.05) is 14.1 Å². The summed E-state index contributed by atoms with van der Waals surface area (Å²) in [6.07, 6.45) is -0.977. The highest BCUT2D eigenvalue weighted by molar-refractivity contribution is 5.96. The number of hydrogen-bond donors (Lipinski definition) is 3. The van der Waals surface area contributed by atoms with Crippen molar-refractivity contribution < 1.29 is 24.3 Å². The van der Waals surface area contributed by atoms with Crippen molar-refractivity contribution in [2.24, 2.45) is 5.92 Å². The molecule has 1 heterocycles. The number of hydrogen-bond acceptors (Lipinski definition) is 5. The fraction of sp³-hybridized carbons (Fsp3) is 0.545. The van der Waals surface area contributed by atoms with Crippen LogP contribution in [0.2, 0.25) is 0 Å². The zero-order chi connectivity index (χ0) is 23.3. The number of amides is 4. The normalized spacial score (nSPS) is 24.9. The highest BCUT2D eigenvalue weighted by atomic mass is 16.3. The number of aliphatic hydroxyl groups excluding tert-OH is 1. The SMILES string of the molecule is CC(C)C[C@@H]1NC(=O)[C@H](C)N(C)C(=O)CNC(=O)[C@H]([C@@H](O)c2ccccc2)N(C)C1=O. The fourth-order valence-corrected chi connectivity index (χ4v) is 3.52. The molecular weight excluding hydrogens is 400 g/mol. The van der Waals surface area contributed by atoms with E-state index in [1.807, 2.05) is 13.8 Å². The molecule has 1 aliphatic heterocycles. The molecule has 1 aliphatic rings. The van der Waals surface area contributed by atoms with Crippen LogP contribution in [0, 0.1) is 5.92 Å². The standard InChI is InChI=1S/C22H32N4O5/c1-13(2)11-16-22(31)26(5)18(19(28)15-9-7-6-8-10-15)21(30)23-12-17(27)25(4)14(3)20(29)24-16/h6-10,13-14,16,18-19,28H,11-12H2,1-5H3,(H,23,30)(H,24,29)/t14-,16-,18-,19-/m0/s1.